The van der Waals surface area contributed by atoms with Crippen LogP contribution in [0.2, 0.25) is 0 Å². The van der Waals surface area contributed by atoms with Crippen molar-refractivity contribution in [1.82, 2.24) is 30.4 Å². The van der Waals surface area contributed by atoms with E-state index in [1.54, 1.807) is 16.7 Å². The highest BCUT2D eigenvalue weighted by atomic mass is 32.2. The van der Waals surface area contributed by atoms with E-state index in [4.69, 9.17) is 5.73 Å². The van der Waals surface area contributed by atoms with Gasteiger partial charge >= 0.3 is 0 Å². The first-order valence-corrected chi connectivity index (χ1v) is 8.88. The van der Waals surface area contributed by atoms with Crippen LogP contribution >= 0.6 is 11.8 Å². The van der Waals surface area contributed by atoms with Crippen LogP contribution in [0.1, 0.15) is 13.8 Å². The Hall–Kier alpha value is -1.94. The number of hydrogen-bond donors (Lipinski definition) is 2. The first-order valence-electron chi connectivity index (χ1n) is 7.89. The molecule has 130 valence electrons. The number of aromatic nitrogens is 4. The van der Waals surface area contributed by atoms with Gasteiger partial charge in [0, 0.05) is 35.4 Å². The normalized spacial score (nSPS) is 26.6. The van der Waals surface area contributed by atoms with Crippen LogP contribution in [0.5, 0.6) is 0 Å². The number of thioether (sulfide) groups is 1. The maximum atomic E-state index is 12.4. The molecule has 24 heavy (non-hydrogen) atoms. The second-order valence-corrected chi connectivity index (χ2v) is 7.25. The fourth-order valence-electron chi connectivity index (χ4n) is 3.32. The molecule has 0 aromatic carbocycles. The number of nitrogens with zero attached hydrogens (tertiary/aromatic N) is 5. The standard InChI is InChI=1S/C14H21N7O2S/c1-8-10(24-4-3-15)5-21-13(8)12(14(21)23)9(2)17-11(22)6-20-7-16-18-19-20/h5,7-9,12-13H,3-4,6,15H2,1-2H3,(H,17,22)/t8-,9+,12+,13+/m0/s1. The number of rotatable bonds is 7. The third-order valence-electron chi connectivity index (χ3n) is 4.47. The Labute approximate surface area is 144 Å². The number of hydrogen-bond acceptors (Lipinski definition) is 7. The number of carbonyl (C=O) groups excluding carboxylic acids is 2. The molecule has 9 nitrogen and oxygen atoms in total. The molecule has 1 aromatic heterocycles. The van der Waals surface area contributed by atoms with E-state index in [0.717, 1.165) is 5.75 Å². The molecule has 4 atom stereocenters. The fourth-order valence-corrected chi connectivity index (χ4v) is 4.27. The van der Waals surface area contributed by atoms with Crippen molar-refractivity contribution in [2.24, 2.45) is 17.6 Å². The van der Waals surface area contributed by atoms with Gasteiger partial charge in [0.25, 0.3) is 0 Å². The van der Waals surface area contributed by atoms with Crippen molar-refractivity contribution in [2.75, 3.05) is 12.3 Å². The van der Waals surface area contributed by atoms with E-state index in [1.165, 1.54) is 15.9 Å². The van der Waals surface area contributed by atoms with Crippen LogP contribution in [-0.2, 0) is 16.1 Å². The molecule has 3 N–H and O–H groups in total. The summed E-state index contributed by atoms with van der Waals surface area (Å²) in [5.41, 5.74) is 5.56. The van der Waals surface area contributed by atoms with E-state index < -0.39 is 0 Å². The molecule has 3 heterocycles. The number of fused-ring (bicyclic) bond motifs is 1. The fraction of sp³-hybridized carbons (Fsp3) is 0.643. The molecule has 0 spiro atoms. The Bertz CT molecular complexity index is 648. The van der Waals surface area contributed by atoms with Gasteiger partial charge in [0.05, 0.1) is 12.0 Å². The average molecular weight is 351 g/mol. The van der Waals surface area contributed by atoms with E-state index in [2.05, 4.69) is 27.8 Å². The highest BCUT2D eigenvalue weighted by Crippen LogP contribution is 2.46. The van der Waals surface area contributed by atoms with E-state index in [9.17, 15) is 9.59 Å². The lowest BCUT2D eigenvalue weighted by Crippen LogP contribution is -2.64. The summed E-state index contributed by atoms with van der Waals surface area (Å²) in [6, 6.07) is -0.126. The van der Waals surface area contributed by atoms with Crippen LogP contribution in [0.25, 0.3) is 0 Å². The van der Waals surface area contributed by atoms with Gasteiger partial charge < -0.3 is 16.0 Å². The number of tetrazole rings is 1. The van der Waals surface area contributed by atoms with Gasteiger partial charge in [-0.15, -0.1) is 16.9 Å². The van der Waals surface area contributed by atoms with E-state index in [-0.39, 0.29) is 42.3 Å². The Morgan fingerprint density at radius 1 is 1.54 bits per heavy atom. The number of β-lactam (4-membered cyclic amide) rings is 1. The summed E-state index contributed by atoms with van der Waals surface area (Å²) in [4.78, 5) is 27.5. The van der Waals surface area contributed by atoms with Crippen molar-refractivity contribution in [3.63, 3.8) is 0 Å². The van der Waals surface area contributed by atoms with Crippen molar-refractivity contribution < 1.29 is 9.59 Å². The average Bonchev–Trinajstić information content (AvgIpc) is 3.12. The molecule has 1 aromatic rings. The summed E-state index contributed by atoms with van der Waals surface area (Å²) in [5.74, 6) is 0.754. The minimum atomic E-state index is -0.238. The molecule has 3 rings (SSSR count). The Balaban J connectivity index is 1.58. The zero-order valence-corrected chi connectivity index (χ0v) is 14.4. The first-order chi connectivity index (χ1) is 11.5. The molecule has 2 aliphatic heterocycles. The van der Waals surface area contributed by atoms with Gasteiger partial charge in [-0.3, -0.25) is 9.59 Å². The SMILES string of the molecule is C[C@@H](NC(=O)Cn1cnnn1)[C@H]1C(=O)N2C=C(SCCN)[C@H](C)[C@H]12. The highest BCUT2D eigenvalue weighted by Gasteiger charge is 2.55. The number of amides is 2. The molecular formula is C14H21N7O2S. The zero-order valence-electron chi connectivity index (χ0n) is 13.6. The second-order valence-electron chi connectivity index (χ2n) is 6.08. The maximum Gasteiger partial charge on any atom is 0.242 e. The van der Waals surface area contributed by atoms with Crippen molar-refractivity contribution in [3.8, 4) is 0 Å². The third-order valence-corrected chi connectivity index (χ3v) is 5.72. The lowest BCUT2D eigenvalue weighted by Gasteiger charge is -2.46. The van der Waals surface area contributed by atoms with Crippen LogP contribution in [0.15, 0.2) is 17.4 Å². The predicted octanol–water partition coefficient (Wildman–Crippen LogP) is -0.812. The largest absolute Gasteiger partial charge is 0.351 e. The van der Waals surface area contributed by atoms with Crippen LogP contribution in [0.3, 0.4) is 0 Å². The summed E-state index contributed by atoms with van der Waals surface area (Å²) in [7, 11) is 0. The van der Waals surface area contributed by atoms with Crippen LogP contribution in [0, 0.1) is 11.8 Å². The van der Waals surface area contributed by atoms with Crippen molar-refractivity contribution in [1.29, 1.82) is 0 Å². The summed E-state index contributed by atoms with van der Waals surface area (Å²) < 4.78 is 1.35. The van der Waals surface area contributed by atoms with E-state index in [0.29, 0.717) is 6.54 Å². The van der Waals surface area contributed by atoms with Crippen molar-refractivity contribution >= 4 is 23.6 Å². The van der Waals surface area contributed by atoms with Gasteiger partial charge in [-0.1, -0.05) is 6.92 Å². The first kappa shape index (κ1) is 16.9. The second kappa shape index (κ2) is 6.89. The Morgan fingerprint density at radius 3 is 3.00 bits per heavy atom. The summed E-state index contributed by atoms with van der Waals surface area (Å²) in [6.07, 6.45) is 3.31. The molecule has 0 bridgehead atoms. The molecule has 0 radical (unpaired) electrons. The number of nitrogens with one attached hydrogen (secondary N) is 1. The maximum absolute atomic E-state index is 12.4. The molecule has 0 saturated carbocycles. The minimum Gasteiger partial charge on any atom is -0.351 e. The highest BCUT2D eigenvalue weighted by molar-refractivity contribution is 8.03. The van der Waals surface area contributed by atoms with Crippen molar-refractivity contribution in [3.05, 3.63) is 17.4 Å². The molecule has 1 fully saturated rings. The summed E-state index contributed by atoms with van der Waals surface area (Å²) in [5, 5.41) is 13.5. The van der Waals surface area contributed by atoms with Gasteiger partial charge in [0.15, 0.2) is 0 Å². The monoisotopic (exact) mass is 351 g/mol. The summed E-state index contributed by atoms with van der Waals surface area (Å²) in [6.45, 7) is 4.64. The number of carbonyl (C=O) groups is 2. The molecule has 0 aliphatic carbocycles. The predicted molar refractivity (Wildman–Crippen MR) is 88.3 cm³/mol. The molecule has 2 aliphatic rings. The van der Waals surface area contributed by atoms with Crippen LogP contribution in [0.4, 0.5) is 0 Å². The van der Waals surface area contributed by atoms with E-state index in [1.807, 2.05) is 13.1 Å². The molecular weight excluding hydrogens is 330 g/mol. The van der Waals surface area contributed by atoms with Gasteiger partial charge in [0.1, 0.15) is 12.9 Å². The van der Waals surface area contributed by atoms with Gasteiger partial charge in [-0.25, -0.2) is 4.68 Å². The number of nitrogens with two attached hydrogens (primary N) is 1. The Morgan fingerprint density at radius 2 is 2.33 bits per heavy atom. The summed E-state index contributed by atoms with van der Waals surface area (Å²) >= 11 is 1.70. The van der Waals surface area contributed by atoms with Gasteiger partial charge in [-0.2, -0.15) is 0 Å². The van der Waals surface area contributed by atoms with Crippen LogP contribution in [-0.4, -0.2) is 61.3 Å². The molecule has 2 amide bonds. The lowest BCUT2D eigenvalue weighted by atomic mass is 9.78. The minimum absolute atomic E-state index is 0.0397. The van der Waals surface area contributed by atoms with Gasteiger partial charge in [0.2, 0.25) is 11.8 Å². The third kappa shape index (κ3) is 3.03. The Kier molecular flexibility index (Phi) is 4.86. The van der Waals surface area contributed by atoms with Gasteiger partial charge in [-0.05, 0) is 17.4 Å². The zero-order chi connectivity index (χ0) is 17.3. The molecule has 1 saturated heterocycles. The lowest BCUT2D eigenvalue weighted by molar-refractivity contribution is -0.153. The topological polar surface area (TPSA) is 119 Å². The molecule has 0 unspecified atom stereocenters. The smallest absolute Gasteiger partial charge is 0.242 e. The molecule has 10 heteroatoms. The van der Waals surface area contributed by atoms with E-state index >= 15 is 0 Å². The quantitative estimate of drug-likeness (QED) is 0.617. The van der Waals surface area contributed by atoms with Crippen LogP contribution < -0.4 is 11.1 Å². The van der Waals surface area contributed by atoms with Crippen molar-refractivity contribution in [2.45, 2.75) is 32.5 Å².